The van der Waals surface area contributed by atoms with Crippen LogP contribution in [0.25, 0.3) is 0 Å². The van der Waals surface area contributed by atoms with Crippen molar-refractivity contribution in [2.75, 3.05) is 5.73 Å². The number of nitrogens with zero attached hydrogens (tertiary/aromatic N) is 1. The predicted molar refractivity (Wildman–Crippen MR) is 88.6 cm³/mol. The molecule has 1 aromatic carbocycles. The van der Waals surface area contributed by atoms with Crippen LogP contribution in [0.1, 0.15) is 40.6 Å². The van der Waals surface area contributed by atoms with Crippen LogP contribution in [-0.4, -0.2) is 30.3 Å². The molecule has 0 amide bonds. The normalized spacial score (nSPS) is 14.5. The van der Waals surface area contributed by atoms with Crippen LogP contribution in [0, 0.1) is 12.3 Å². The highest BCUT2D eigenvalue weighted by Gasteiger charge is 2.34. The SMILES string of the molecule is Cc1c(S(=O)(=O)c2ccc(N)c(C=N)c2)cc(C(=O)O)n1C1CC1. The second-order valence-electron chi connectivity index (χ2n) is 5.82. The van der Waals surface area contributed by atoms with Crippen molar-refractivity contribution in [2.24, 2.45) is 0 Å². The Labute approximate surface area is 139 Å². The zero-order valence-electron chi connectivity index (χ0n) is 13.0. The van der Waals surface area contributed by atoms with E-state index in [2.05, 4.69) is 0 Å². The lowest BCUT2D eigenvalue weighted by Crippen LogP contribution is -2.09. The van der Waals surface area contributed by atoms with Crippen molar-refractivity contribution in [3.05, 3.63) is 41.2 Å². The lowest BCUT2D eigenvalue weighted by molar-refractivity contribution is 0.0684. The number of carboxylic acid groups (broad SMARTS) is 1. The number of nitrogens with two attached hydrogens (primary N) is 1. The number of aromatic nitrogens is 1. The van der Waals surface area contributed by atoms with Gasteiger partial charge in [-0.2, -0.15) is 0 Å². The van der Waals surface area contributed by atoms with Gasteiger partial charge in [0.15, 0.2) is 0 Å². The van der Waals surface area contributed by atoms with Crippen LogP contribution >= 0.6 is 0 Å². The van der Waals surface area contributed by atoms with Crippen molar-refractivity contribution in [2.45, 2.75) is 35.6 Å². The van der Waals surface area contributed by atoms with Crippen LogP contribution in [0.4, 0.5) is 5.69 Å². The third kappa shape index (κ3) is 2.48. The van der Waals surface area contributed by atoms with Gasteiger partial charge in [0.1, 0.15) is 5.69 Å². The summed E-state index contributed by atoms with van der Waals surface area (Å²) >= 11 is 0. The lowest BCUT2D eigenvalue weighted by atomic mass is 10.2. The van der Waals surface area contributed by atoms with E-state index in [1.807, 2.05) is 0 Å². The van der Waals surface area contributed by atoms with Gasteiger partial charge in [0.2, 0.25) is 9.84 Å². The number of carboxylic acids is 1. The lowest BCUT2D eigenvalue weighted by Gasteiger charge is -2.09. The molecule has 1 aromatic heterocycles. The van der Waals surface area contributed by atoms with Gasteiger partial charge in [-0.1, -0.05) is 0 Å². The van der Waals surface area contributed by atoms with Crippen LogP contribution in [0.3, 0.4) is 0 Å². The molecule has 126 valence electrons. The number of hydrogen-bond donors (Lipinski definition) is 3. The number of anilines is 1. The molecule has 24 heavy (non-hydrogen) atoms. The summed E-state index contributed by atoms with van der Waals surface area (Å²) in [6, 6.07) is 5.38. The first kappa shape index (κ1) is 16.3. The molecule has 0 aliphatic heterocycles. The minimum absolute atomic E-state index is 0.0109. The van der Waals surface area contributed by atoms with Crippen molar-refractivity contribution in [3.63, 3.8) is 0 Å². The van der Waals surface area contributed by atoms with E-state index < -0.39 is 15.8 Å². The maximum atomic E-state index is 12.9. The summed E-state index contributed by atoms with van der Waals surface area (Å²) in [5.41, 5.74) is 6.71. The highest BCUT2D eigenvalue weighted by molar-refractivity contribution is 7.91. The Hall–Kier alpha value is -2.61. The summed E-state index contributed by atoms with van der Waals surface area (Å²) in [5.74, 6) is -1.15. The number of carbonyl (C=O) groups is 1. The zero-order chi connectivity index (χ0) is 17.6. The van der Waals surface area contributed by atoms with E-state index in [4.69, 9.17) is 11.1 Å². The molecule has 0 atom stereocenters. The van der Waals surface area contributed by atoms with Gasteiger partial charge in [-0.05, 0) is 44.0 Å². The third-order valence-electron chi connectivity index (χ3n) is 4.19. The fourth-order valence-corrected chi connectivity index (χ4v) is 4.35. The van der Waals surface area contributed by atoms with Crippen LogP contribution in [0.15, 0.2) is 34.1 Å². The van der Waals surface area contributed by atoms with Gasteiger partial charge in [0, 0.05) is 29.2 Å². The van der Waals surface area contributed by atoms with Gasteiger partial charge in [0.05, 0.1) is 9.79 Å². The Morgan fingerprint density at radius 3 is 2.58 bits per heavy atom. The van der Waals surface area contributed by atoms with E-state index in [1.165, 1.54) is 24.3 Å². The van der Waals surface area contributed by atoms with Crippen molar-refractivity contribution in [1.82, 2.24) is 4.57 Å². The molecule has 1 aliphatic carbocycles. The van der Waals surface area contributed by atoms with Gasteiger partial charge in [-0.15, -0.1) is 0 Å². The summed E-state index contributed by atoms with van der Waals surface area (Å²) in [6.45, 7) is 1.62. The second-order valence-corrected chi connectivity index (χ2v) is 7.74. The zero-order valence-corrected chi connectivity index (χ0v) is 13.8. The van der Waals surface area contributed by atoms with Gasteiger partial charge in [-0.3, -0.25) is 0 Å². The molecule has 1 heterocycles. The largest absolute Gasteiger partial charge is 0.477 e. The van der Waals surface area contributed by atoms with Crippen LogP contribution in [0.2, 0.25) is 0 Å². The first-order valence-corrected chi connectivity index (χ1v) is 8.86. The molecule has 0 radical (unpaired) electrons. The number of benzene rings is 1. The molecule has 1 aliphatic rings. The van der Waals surface area contributed by atoms with E-state index in [0.717, 1.165) is 19.1 Å². The molecule has 0 spiro atoms. The molecule has 0 bridgehead atoms. The molecular weight excluding hydrogens is 330 g/mol. The Morgan fingerprint density at radius 1 is 1.38 bits per heavy atom. The van der Waals surface area contributed by atoms with Crippen molar-refractivity contribution >= 4 is 27.7 Å². The monoisotopic (exact) mass is 347 g/mol. The molecule has 2 aromatic rings. The van der Waals surface area contributed by atoms with E-state index in [0.29, 0.717) is 16.9 Å². The number of rotatable bonds is 5. The summed E-state index contributed by atoms with van der Waals surface area (Å²) in [7, 11) is -3.90. The quantitative estimate of drug-likeness (QED) is 0.565. The number of sulfone groups is 1. The molecular formula is C16H17N3O4S. The molecule has 0 unspecified atom stereocenters. The first-order chi connectivity index (χ1) is 11.3. The van der Waals surface area contributed by atoms with Gasteiger partial charge >= 0.3 is 5.97 Å². The summed E-state index contributed by atoms with van der Waals surface area (Å²) in [5, 5.41) is 16.7. The fourth-order valence-electron chi connectivity index (χ4n) is 2.81. The van der Waals surface area contributed by atoms with Crippen LogP contribution in [-0.2, 0) is 9.84 Å². The number of nitrogens with one attached hydrogen (secondary N) is 1. The van der Waals surface area contributed by atoms with Crippen molar-refractivity contribution in [3.8, 4) is 0 Å². The van der Waals surface area contributed by atoms with Gasteiger partial charge in [0.25, 0.3) is 0 Å². The van der Waals surface area contributed by atoms with E-state index in [1.54, 1.807) is 11.5 Å². The van der Waals surface area contributed by atoms with Crippen LogP contribution < -0.4 is 5.73 Å². The standard InChI is InChI=1S/C16H17N3O4S/c1-9-15(7-14(16(20)21)19(9)11-2-3-11)24(22,23)12-4-5-13(18)10(6-12)8-17/h4-8,11,17H,2-3,18H2,1H3,(H,20,21). The molecule has 1 saturated carbocycles. The maximum Gasteiger partial charge on any atom is 0.352 e. The minimum atomic E-state index is -3.90. The number of aromatic carboxylic acids is 1. The summed E-state index contributed by atoms with van der Waals surface area (Å²) < 4.78 is 27.5. The van der Waals surface area contributed by atoms with E-state index in [-0.39, 0.29) is 21.5 Å². The molecule has 7 nitrogen and oxygen atoms in total. The second kappa shape index (κ2) is 5.48. The summed E-state index contributed by atoms with van der Waals surface area (Å²) in [4.78, 5) is 11.4. The number of nitrogen functional groups attached to an aromatic ring is 1. The molecule has 1 fully saturated rings. The average molecular weight is 347 g/mol. The van der Waals surface area contributed by atoms with Crippen LogP contribution in [0.5, 0.6) is 0 Å². The topological polar surface area (TPSA) is 126 Å². The smallest absolute Gasteiger partial charge is 0.352 e. The van der Waals surface area contributed by atoms with Gasteiger partial charge in [-0.25, -0.2) is 13.2 Å². The average Bonchev–Trinajstić information content (AvgIpc) is 3.29. The molecule has 0 saturated heterocycles. The molecule has 8 heteroatoms. The highest BCUT2D eigenvalue weighted by Crippen LogP contribution is 2.40. The molecule has 3 rings (SSSR count). The predicted octanol–water partition coefficient (Wildman–Crippen LogP) is 2.24. The first-order valence-electron chi connectivity index (χ1n) is 7.37. The van der Waals surface area contributed by atoms with Gasteiger partial charge < -0.3 is 20.8 Å². The number of hydrogen-bond acceptors (Lipinski definition) is 5. The third-order valence-corrected chi connectivity index (χ3v) is 6.06. The Morgan fingerprint density at radius 2 is 2.04 bits per heavy atom. The Balaban J connectivity index is 2.19. The van der Waals surface area contributed by atoms with E-state index in [9.17, 15) is 18.3 Å². The van der Waals surface area contributed by atoms with Crippen molar-refractivity contribution < 1.29 is 18.3 Å². The van der Waals surface area contributed by atoms with E-state index >= 15 is 0 Å². The highest BCUT2D eigenvalue weighted by atomic mass is 32.2. The molecule has 4 N–H and O–H groups in total. The summed E-state index contributed by atoms with van der Waals surface area (Å²) in [6.07, 6.45) is 2.67. The fraction of sp³-hybridized carbons (Fsp3) is 0.250. The van der Waals surface area contributed by atoms with Crippen molar-refractivity contribution in [1.29, 1.82) is 5.41 Å². The maximum absolute atomic E-state index is 12.9. The Kier molecular flexibility index (Phi) is 3.71. The Bertz CT molecular complexity index is 956. The minimum Gasteiger partial charge on any atom is -0.477 e.